The van der Waals surface area contributed by atoms with E-state index in [1.54, 1.807) is 7.11 Å². The van der Waals surface area contributed by atoms with Crippen LogP contribution >= 0.6 is 0 Å². The van der Waals surface area contributed by atoms with Gasteiger partial charge in [-0.05, 0) is 54.2 Å². The molecular formula is C20H22O3. The van der Waals surface area contributed by atoms with Gasteiger partial charge in [0.2, 0.25) is 0 Å². The highest BCUT2D eigenvalue weighted by atomic mass is 16.5. The minimum atomic E-state index is -0.143. The SMILES string of the molecule is CCOC(=O)CC1c2ccccc2CCc2cc(OC)ccc21. The molecule has 1 atom stereocenters. The maximum absolute atomic E-state index is 12.1. The minimum absolute atomic E-state index is 0.0497. The van der Waals surface area contributed by atoms with E-state index in [0.29, 0.717) is 13.0 Å². The molecule has 0 bridgehead atoms. The zero-order valence-corrected chi connectivity index (χ0v) is 13.7. The molecule has 0 aromatic heterocycles. The molecule has 2 aromatic rings. The average Bonchev–Trinajstić information content (AvgIpc) is 2.72. The molecule has 0 fully saturated rings. The van der Waals surface area contributed by atoms with E-state index < -0.39 is 0 Å². The summed E-state index contributed by atoms with van der Waals surface area (Å²) < 4.78 is 10.6. The number of hydrogen-bond donors (Lipinski definition) is 0. The highest BCUT2D eigenvalue weighted by Gasteiger charge is 2.26. The van der Waals surface area contributed by atoms with E-state index in [9.17, 15) is 4.79 Å². The Balaban J connectivity index is 2.05. The number of benzene rings is 2. The zero-order valence-electron chi connectivity index (χ0n) is 13.7. The van der Waals surface area contributed by atoms with Gasteiger partial charge >= 0.3 is 5.97 Å². The summed E-state index contributed by atoms with van der Waals surface area (Å²) in [6.07, 6.45) is 2.32. The second-order valence-electron chi connectivity index (χ2n) is 5.83. The van der Waals surface area contributed by atoms with Crippen LogP contribution in [0.25, 0.3) is 0 Å². The first-order valence-electron chi connectivity index (χ1n) is 8.13. The number of methoxy groups -OCH3 is 1. The summed E-state index contributed by atoms with van der Waals surface area (Å²) in [7, 11) is 1.68. The predicted molar refractivity (Wildman–Crippen MR) is 89.9 cm³/mol. The van der Waals surface area contributed by atoms with Gasteiger partial charge in [-0.3, -0.25) is 4.79 Å². The molecule has 0 spiro atoms. The van der Waals surface area contributed by atoms with Crippen molar-refractivity contribution in [1.82, 2.24) is 0 Å². The Bertz CT molecular complexity index is 706. The maximum atomic E-state index is 12.1. The molecule has 0 aliphatic heterocycles. The zero-order chi connectivity index (χ0) is 16.2. The molecule has 1 aliphatic carbocycles. The van der Waals surface area contributed by atoms with Crippen molar-refractivity contribution in [3.63, 3.8) is 0 Å². The lowest BCUT2D eigenvalue weighted by molar-refractivity contribution is -0.143. The number of ether oxygens (including phenoxy) is 2. The summed E-state index contributed by atoms with van der Waals surface area (Å²) in [6, 6.07) is 14.6. The molecule has 1 unspecified atom stereocenters. The maximum Gasteiger partial charge on any atom is 0.306 e. The second-order valence-corrected chi connectivity index (χ2v) is 5.83. The van der Waals surface area contributed by atoms with Gasteiger partial charge in [0, 0.05) is 5.92 Å². The van der Waals surface area contributed by atoms with E-state index >= 15 is 0 Å². The van der Waals surface area contributed by atoms with Gasteiger partial charge in [0.25, 0.3) is 0 Å². The fraction of sp³-hybridized carbons (Fsp3) is 0.350. The first-order chi connectivity index (χ1) is 11.2. The average molecular weight is 310 g/mol. The quantitative estimate of drug-likeness (QED) is 0.804. The topological polar surface area (TPSA) is 35.5 Å². The third kappa shape index (κ3) is 3.24. The number of aryl methyl sites for hydroxylation is 2. The highest BCUT2D eigenvalue weighted by molar-refractivity contribution is 5.72. The minimum Gasteiger partial charge on any atom is -0.497 e. The lowest BCUT2D eigenvalue weighted by Gasteiger charge is -2.20. The van der Waals surface area contributed by atoms with Crippen LogP contribution in [-0.2, 0) is 22.4 Å². The number of hydrogen-bond acceptors (Lipinski definition) is 3. The van der Waals surface area contributed by atoms with E-state index in [1.165, 1.54) is 22.3 Å². The van der Waals surface area contributed by atoms with Crippen molar-refractivity contribution in [1.29, 1.82) is 0 Å². The van der Waals surface area contributed by atoms with E-state index in [2.05, 4.69) is 30.3 Å². The second kappa shape index (κ2) is 6.86. The summed E-state index contributed by atoms with van der Waals surface area (Å²) in [5.74, 6) is 0.772. The van der Waals surface area contributed by atoms with Crippen LogP contribution in [0.2, 0.25) is 0 Å². The molecular weight excluding hydrogens is 288 g/mol. The van der Waals surface area contributed by atoms with Crippen LogP contribution < -0.4 is 4.74 Å². The van der Waals surface area contributed by atoms with E-state index in [4.69, 9.17) is 9.47 Å². The van der Waals surface area contributed by atoms with Gasteiger partial charge in [-0.1, -0.05) is 30.3 Å². The normalized spacial score (nSPS) is 16.0. The fourth-order valence-electron chi connectivity index (χ4n) is 3.41. The smallest absolute Gasteiger partial charge is 0.306 e. The summed E-state index contributed by atoms with van der Waals surface area (Å²) in [5, 5.41) is 0. The Morgan fingerprint density at radius 1 is 1.09 bits per heavy atom. The molecule has 0 saturated carbocycles. The third-order valence-electron chi connectivity index (χ3n) is 4.50. The fourth-order valence-corrected chi connectivity index (χ4v) is 3.41. The van der Waals surface area contributed by atoms with E-state index in [1.807, 2.05) is 19.1 Å². The Hall–Kier alpha value is -2.29. The van der Waals surface area contributed by atoms with Crippen molar-refractivity contribution in [2.75, 3.05) is 13.7 Å². The van der Waals surface area contributed by atoms with Gasteiger partial charge in [0.15, 0.2) is 0 Å². The van der Waals surface area contributed by atoms with Crippen LogP contribution in [0.5, 0.6) is 5.75 Å². The summed E-state index contributed by atoms with van der Waals surface area (Å²) in [6.45, 7) is 2.26. The molecule has 120 valence electrons. The first-order valence-corrected chi connectivity index (χ1v) is 8.13. The molecule has 0 amide bonds. The van der Waals surface area contributed by atoms with Crippen LogP contribution in [0.4, 0.5) is 0 Å². The Morgan fingerprint density at radius 3 is 2.61 bits per heavy atom. The van der Waals surface area contributed by atoms with Gasteiger partial charge < -0.3 is 9.47 Å². The van der Waals surface area contributed by atoms with Crippen molar-refractivity contribution >= 4 is 5.97 Å². The predicted octanol–water partition coefficient (Wildman–Crippen LogP) is 3.88. The monoisotopic (exact) mass is 310 g/mol. The largest absolute Gasteiger partial charge is 0.497 e. The molecule has 0 heterocycles. The summed E-state index contributed by atoms with van der Waals surface area (Å²) in [4.78, 5) is 12.1. The molecule has 3 rings (SSSR count). The molecule has 3 heteroatoms. The lowest BCUT2D eigenvalue weighted by atomic mass is 9.85. The van der Waals surface area contributed by atoms with Gasteiger partial charge in [-0.15, -0.1) is 0 Å². The van der Waals surface area contributed by atoms with Gasteiger partial charge in [-0.25, -0.2) is 0 Å². The van der Waals surface area contributed by atoms with Crippen molar-refractivity contribution in [3.8, 4) is 5.75 Å². The molecule has 1 aliphatic rings. The number of carbonyl (C=O) groups excluding carboxylic acids is 1. The highest BCUT2D eigenvalue weighted by Crippen LogP contribution is 2.38. The summed E-state index contributed by atoms with van der Waals surface area (Å²) in [5.41, 5.74) is 5.03. The van der Waals surface area contributed by atoms with Crippen LogP contribution in [0.1, 0.15) is 41.5 Å². The van der Waals surface area contributed by atoms with Crippen molar-refractivity contribution in [2.24, 2.45) is 0 Å². The number of rotatable bonds is 4. The van der Waals surface area contributed by atoms with Crippen LogP contribution in [0.3, 0.4) is 0 Å². The van der Waals surface area contributed by atoms with Crippen molar-refractivity contribution in [3.05, 3.63) is 64.7 Å². The van der Waals surface area contributed by atoms with Crippen LogP contribution in [0.15, 0.2) is 42.5 Å². The molecule has 2 aromatic carbocycles. The van der Waals surface area contributed by atoms with Crippen molar-refractivity contribution < 1.29 is 14.3 Å². The standard InChI is InChI=1S/C20H22O3/c1-3-23-20(21)13-19-17-7-5-4-6-14(17)8-9-15-12-16(22-2)10-11-18(15)19/h4-7,10-12,19H,3,8-9,13H2,1-2H3. The lowest BCUT2D eigenvalue weighted by Crippen LogP contribution is -2.13. The third-order valence-corrected chi connectivity index (χ3v) is 4.50. The Morgan fingerprint density at radius 2 is 1.83 bits per heavy atom. The van der Waals surface area contributed by atoms with Crippen LogP contribution in [-0.4, -0.2) is 19.7 Å². The van der Waals surface area contributed by atoms with Gasteiger partial charge in [-0.2, -0.15) is 0 Å². The molecule has 0 saturated heterocycles. The molecule has 23 heavy (non-hydrogen) atoms. The van der Waals surface area contributed by atoms with Gasteiger partial charge in [0.1, 0.15) is 5.75 Å². The van der Waals surface area contributed by atoms with Gasteiger partial charge in [0.05, 0.1) is 20.1 Å². The van der Waals surface area contributed by atoms with E-state index in [0.717, 1.165) is 18.6 Å². The molecule has 3 nitrogen and oxygen atoms in total. The number of fused-ring (bicyclic) bond motifs is 2. The van der Waals surface area contributed by atoms with Crippen molar-refractivity contribution in [2.45, 2.75) is 32.1 Å². The first kappa shape index (κ1) is 15.6. The number of esters is 1. The van der Waals surface area contributed by atoms with Crippen LogP contribution in [0, 0.1) is 0 Å². The molecule has 0 N–H and O–H groups in total. The number of carbonyl (C=O) groups is 1. The summed E-state index contributed by atoms with van der Waals surface area (Å²) >= 11 is 0. The Labute approximate surface area is 137 Å². The van der Waals surface area contributed by atoms with E-state index in [-0.39, 0.29) is 11.9 Å². The molecule has 0 radical (unpaired) electrons. The Kier molecular flexibility index (Phi) is 4.65.